The molecule has 0 aliphatic carbocycles. The number of ether oxygens (including phenoxy) is 1. The molecule has 0 fully saturated rings. The first-order chi connectivity index (χ1) is 7.70. The van der Waals surface area contributed by atoms with E-state index in [1.54, 1.807) is 0 Å². The fraction of sp³-hybridized carbons (Fsp3) is 0.778. The third-order valence-corrected chi connectivity index (χ3v) is 4.00. The van der Waals surface area contributed by atoms with Gasteiger partial charge in [-0.2, -0.15) is 0 Å². The average molecular weight is 267 g/mol. The monoisotopic (exact) mass is 267 g/mol. The zero-order valence-electron chi connectivity index (χ0n) is 10.0. The van der Waals surface area contributed by atoms with Crippen molar-refractivity contribution in [2.24, 2.45) is 5.92 Å². The lowest BCUT2D eigenvalue weighted by molar-refractivity contribution is -0.145. The first-order valence-corrected chi connectivity index (χ1v) is 6.55. The Hall–Kier alpha value is -1.15. The van der Waals surface area contributed by atoms with Gasteiger partial charge < -0.3 is 9.84 Å². The second-order valence-corrected chi connectivity index (χ2v) is 5.86. The van der Waals surface area contributed by atoms with Crippen LogP contribution < -0.4 is 0 Å². The molecule has 1 N–H and O–H groups in total. The number of carboxylic acids is 1. The standard InChI is InChI=1S/C9H17NO6S/c1-7(9(13)16-3)6-10(2)17(14,15)5-4-8(11)12/h7H,4-6H2,1-3H3,(H,11,12). The zero-order chi connectivity index (χ0) is 13.6. The lowest BCUT2D eigenvalue weighted by Gasteiger charge is -2.19. The molecule has 0 spiro atoms. The second kappa shape index (κ2) is 6.55. The highest BCUT2D eigenvalue weighted by Crippen LogP contribution is 2.06. The number of carbonyl (C=O) groups excluding carboxylic acids is 1. The van der Waals surface area contributed by atoms with E-state index in [0.717, 1.165) is 4.31 Å². The zero-order valence-corrected chi connectivity index (χ0v) is 10.9. The van der Waals surface area contributed by atoms with Crippen LogP contribution in [0.1, 0.15) is 13.3 Å². The summed E-state index contributed by atoms with van der Waals surface area (Å²) in [4.78, 5) is 21.4. The Labute approximate surface area is 100 Å². The molecule has 0 bridgehead atoms. The highest BCUT2D eigenvalue weighted by molar-refractivity contribution is 7.89. The van der Waals surface area contributed by atoms with E-state index in [-0.39, 0.29) is 6.54 Å². The molecule has 0 radical (unpaired) electrons. The van der Waals surface area contributed by atoms with Crippen LogP contribution in [0.3, 0.4) is 0 Å². The van der Waals surface area contributed by atoms with Crippen LogP contribution in [0.2, 0.25) is 0 Å². The normalized spacial score (nSPS) is 13.4. The molecule has 0 amide bonds. The molecule has 0 saturated carbocycles. The molecule has 0 aromatic heterocycles. The predicted molar refractivity (Wildman–Crippen MR) is 59.8 cm³/mol. The molecular weight excluding hydrogens is 250 g/mol. The van der Waals surface area contributed by atoms with Gasteiger partial charge in [0.15, 0.2) is 0 Å². The Bertz CT molecular complexity index is 377. The number of methoxy groups -OCH3 is 1. The van der Waals surface area contributed by atoms with Crippen LogP contribution >= 0.6 is 0 Å². The van der Waals surface area contributed by atoms with E-state index in [9.17, 15) is 18.0 Å². The van der Waals surface area contributed by atoms with Crippen molar-refractivity contribution < 1.29 is 27.9 Å². The van der Waals surface area contributed by atoms with Crippen LogP contribution in [-0.4, -0.2) is 56.2 Å². The highest BCUT2D eigenvalue weighted by Gasteiger charge is 2.24. The molecule has 100 valence electrons. The Kier molecular flexibility index (Phi) is 6.11. The fourth-order valence-electron chi connectivity index (χ4n) is 1.15. The van der Waals surface area contributed by atoms with Crippen LogP contribution in [0.5, 0.6) is 0 Å². The maximum absolute atomic E-state index is 11.6. The van der Waals surface area contributed by atoms with Crippen LogP contribution in [0.15, 0.2) is 0 Å². The van der Waals surface area contributed by atoms with E-state index in [1.165, 1.54) is 21.1 Å². The van der Waals surface area contributed by atoms with E-state index < -0.39 is 40.1 Å². The Morgan fingerprint density at radius 1 is 1.41 bits per heavy atom. The van der Waals surface area contributed by atoms with Gasteiger partial charge in [0.25, 0.3) is 0 Å². The molecule has 1 atom stereocenters. The van der Waals surface area contributed by atoms with Crippen molar-refractivity contribution in [3.05, 3.63) is 0 Å². The van der Waals surface area contributed by atoms with Crippen LogP contribution in [0.25, 0.3) is 0 Å². The van der Waals surface area contributed by atoms with Crippen molar-refractivity contribution in [2.75, 3.05) is 26.5 Å². The van der Waals surface area contributed by atoms with Crippen molar-refractivity contribution in [3.8, 4) is 0 Å². The lowest BCUT2D eigenvalue weighted by Crippen LogP contribution is -2.36. The van der Waals surface area contributed by atoms with Crippen LogP contribution in [0, 0.1) is 5.92 Å². The smallest absolute Gasteiger partial charge is 0.309 e. The van der Waals surface area contributed by atoms with Crippen molar-refractivity contribution in [3.63, 3.8) is 0 Å². The van der Waals surface area contributed by atoms with E-state index in [0.29, 0.717) is 0 Å². The molecule has 0 aliphatic rings. The Balaban J connectivity index is 4.43. The predicted octanol–water partition coefficient (Wildman–Crippen LogP) is -0.468. The maximum atomic E-state index is 11.6. The number of aliphatic carboxylic acids is 1. The van der Waals surface area contributed by atoms with Gasteiger partial charge in [-0.1, -0.05) is 6.92 Å². The molecule has 0 heterocycles. The molecule has 17 heavy (non-hydrogen) atoms. The van der Waals surface area contributed by atoms with Crippen LogP contribution in [-0.2, 0) is 24.3 Å². The summed E-state index contributed by atoms with van der Waals surface area (Å²) in [6.45, 7) is 1.50. The van der Waals surface area contributed by atoms with Gasteiger partial charge in [-0.25, -0.2) is 12.7 Å². The second-order valence-electron chi connectivity index (χ2n) is 3.66. The van der Waals surface area contributed by atoms with Crippen LogP contribution in [0.4, 0.5) is 0 Å². The fourth-order valence-corrected chi connectivity index (χ4v) is 2.34. The third kappa shape index (κ3) is 5.64. The summed E-state index contributed by atoms with van der Waals surface area (Å²) >= 11 is 0. The van der Waals surface area contributed by atoms with Crippen molar-refractivity contribution >= 4 is 22.0 Å². The highest BCUT2D eigenvalue weighted by atomic mass is 32.2. The number of carboxylic acid groups (broad SMARTS) is 1. The van der Waals surface area contributed by atoms with Gasteiger partial charge in [0.05, 0.1) is 25.2 Å². The van der Waals surface area contributed by atoms with E-state index >= 15 is 0 Å². The topological polar surface area (TPSA) is 101 Å². The first kappa shape index (κ1) is 15.9. The van der Waals surface area contributed by atoms with Gasteiger partial charge in [0.2, 0.25) is 10.0 Å². The molecular formula is C9H17NO6S. The number of nitrogens with zero attached hydrogens (tertiary/aromatic N) is 1. The van der Waals surface area contributed by atoms with Crippen molar-refractivity contribution in [1.29, 1.82) is 0 Å². The first-order valence-electron chi connectivity index (χ1n) is 4.94. The summed E-state index contributed by atoms with van der Waals surface area (Å²) < 4.78 is 28.6. The molecule has 0 aromatic carbocycles. The molecule has 7 nitrogen and oxygen atoms in total. The maximum Gasteiger partial charge on any atom is 0.309 e. The van der Waals surface area contributed by atoms with Crippen molar-refractivity contribution in [2.45, 2.75) is 13.3 Å². The van der Waals surface area contributed by atoms with Gasteiger partial charge in [0, 0.05) is 13.6 Å². The van der Waals surface area contributed by atoms with Gasteiger partial charge in [-0.3, -0.25) is 9.59 Å². The molecule has 0 aliphatic heterocycles. The van der Waals surface area contributed by atoms with Gasteiger partial charge in [-0.15, -0.1) is 0 Å². The Morgan fingerprint density at radius 3 is 2.35 bits per heavy atom. The number of hydrogen-bond donors (Lipinski definition) is 1. The minimum Gasteiger partial charge on any atom is -0.481 e. The van der Waals surface area contributed by atoms with Gasteiger partial charge in [0.1, 0.15) is 0 Å². The molecule has 1 unspecified atom stereocenters. The number of hydrogen-bond acceptors (Lipinski definition) is 5. The molecule has 0 rings (SSSR count). The minimum absolute atomic E-state index is 0.0331. The molecule has 0 saturated heterocycles. The quantitative estimate of drug-likeness (QED) is 0.626. The number of carbonyl (C=O) groups is 2. The Morgan fingerprint density at radius 2 is 1.94 bits per heavy atom. The largest absolute Gasteiger partial charge is 0.481 e. The summed E-state index contributed by atoms with van der Waals surface area (Å²) in [5, 5.41) is 8.41. The molecule has 8 heteroatoms. The average Bonchev–Trinajstić information content (AvgIpc) is 2.25. The van der Waals surface area contributed by atoms with E-state index in [4.69, 9.17) is 5.11 Å². The summed E-state index contributed by atoms with van der Waals surface area (Å²) in [6, 6.07) is 0. The van der Waals surface area contributed by atoms with Gasteiger partial charge >= 0.3 is 11.9 Å². The third-order valence-electron chi connectivity index (χ3n) is 2.18. The van der Waals surface area contributed by atoms with Crippen molar-refractivity contribution in [1.82, 2.24) is 4.31 Å². The summed E-state index contributed by atoms with van der Waals surface area (Å²) in [5.74, 6) is -2.76. The van der Waals surface area contributed by atoms with E-state index in [2.05, 4.69) is 4.74 Å². The number of sulfonamides is 1. The summed E-state index contributed by atoms with van der Waals surface area (Å²) in [6.07, 6.45) is -0.459. The minimum atomic E-state index is -3.65. The molecule has 0 aromatic rings. The van der Waals surface area contributed by atoms with Gasteiger partial charge in [-0.05, 0) is 0 Å². The lowest BCUT2D eigenvalue weighted by atomic mass is 10.2. The SMILES string of the molecule is COC(=O)C(C)CN(C)S(=O)(=O)CCC(=O)O. The van der Waals surface area contributed by atoms with E-state index in [1.807, 2.05) is 0 Å². The number of rotatable bonds is 7. The number of esters is 1. The summed E-state index contributed by atoms with van der Waals surface area (Å²) in [7, 11) is -1.13. The summed E-state index contributed by atoms with van der Waals surface area (Å²) in [5.41, 5.74) is 0.